The highest BCUT2D eigenvalue weighted by atomic mass is 16.6. The summed E-state index contributed by atoms with van der Waals surface area (Å²) in [6.45, 7) is 4.94. The molecule has 148 valence electrons. The fourth-order valence-corrected chi connectivity index (χ4v) is 3.89. The van der Waals surface area contributed by atoms with Crippen molar-refractivity contribution < 1.29 is 14.3 Å². The van der Waals surface area contributed by atoms with Crippen LogP contribution < -0.4 is 10.1 Å². The second-order valence-electron chi connectivity index (χ2n) is 7.43. The lowest BCUT2D eigenvalue weighted by atomic mass is 9.91. The Hall–Kier alpha value is -3.27. The molecular formula is C25H25NO3. The molecule has 4 rings (SSSR count). The van der Waals surface area contributed by atoms with Gasteiger partial charge in [-0.25, -0.2) is 4.79 Å². The molecule has 1 aliphatic rings. The second kappa shape index (κ2) is 8.39. The van der Waals surface area contributed by atoms with Gasteiger partial charge in [0.25, 0.3) is 0 Å². The topological polar surface area (TPSA) is 47.6 Å². The Kier molecular flexibility index (Phi) is 5.52. The van der Waals surface area contributed by atoms with Crippen molar-refractivity contribution in [2.75, 3.05) is 6.61 Å². The van der Waals surface area contributed by atoms with Gasteiger partial charge in [0, 0.05) is 18.5 Å². The zero-order valence-electron chi connectivity index (χ0n) is 16.8. The number of hydrogen-bond acceptors (Lipinski definition) is 3. The van der Waals surface area contributed by atoms with Crippen LogP contribution in [0.2, 0.25) is 0 Å². The average Bonchev–Trinajstić information content (AvgIpc) is 3.15. The van der Waals surface area contributed by atoms with E-state index in [2.05, 4.69) is 43.4 Å². The largest absolute Gasteiger partial charge is 0.486 e. The van der Waals surface area contributed by atoms with Crippen molar-refractivity contribution in [1.29, 1.82) is 0 Å². The highest BCUT2D eigenvalue weighted by molar-refractivity contribution is 5.76. The van der Waals surface area contributed by atoms with Gasteiger partial charge in [-0.2, -0.15) is 0 Å². The van der Waals surface area contributed by atoms with Crippen molar-refractivity contribution in [3.05, 3.63) is 89.0 Å². The maximum atomic E-state index is 12.0. The summed E-state index contributed by atoms with van der Waals surface area (Å²) < 4.78 is 11.5. The monoisotopic (exact) mass is 387 g/mol. The first-order chi connectivity index (χ1) is 14.1. The number of benzene rings is 3. The van der Waals surface area contributed by atoms with E-state index in [1.54, 1.807) is 0 Å². The normalized spacial score (nSPS) is 14.8. The van der Waals surface area contributed by atoms with E-state index in [0.717, 1.165) is 17.7 Å². The zero-order chi connectivity index (χ0) is 20.2. The third-order valence-electron chi connectivity index (χ3n) is 5.29. The minimum Gasteiger partial charge on any atom is -0.486 e. The van der Waals surface area contributed by atoms with E-state index in [4.69, 9.17) is 9.47 Å². The summed E-state index contributed by atoms with van der Waals surface area (Å²) in [7, 11) is 0. The van der Waals surface area contributed by atoms with E-state index in [-0.39, 0.29) is 12.7 Å². The Morgan fingerprint density at radius 3 is 2.48 bits per heavy atom. The van der Waals surface area contributed by atoms with Crippen LogP contribution >= 0.6 is 0 Å². The SMILES string of the molecule is Cc1cccc(C)c1-c1cccc2c1CC(COC(=O)NCc1ccccc1)O2. The molecule has 0 bridgehead atoms. The zero-order valence-corrected chi connectivity index (χ0v) is 16.8. The molecule has 1 atom stereocenters. The third-order valence-corrected chi connectivity index (χ3v) is 5.29. The van der Waals surface area contributed by atoms with E-state index in [0.29, 0.717) is 6.54 Å². The van der Waals surface area contributed by atoms with Gasteiger partial charge in [0.1, 0.15) is 18.5 Å². The van der Waals surface area contributed by atoms with E-state index in [1.807, 2.05) is 42.5 Å². The molecule has 4 nitrogen and oxygen atoms in total. The quantitative estimate of drug-likeness (QED) is 0.654. The molecule has 29 heavy (non-hydrogen) atoms. The van der Waals surface area contributed by atoms with Crippen LogP contribution in [0.3, 0.4) is 0 Å². The predicted octanol–water partition coefficient (Wildman–Crippen LogP) is 5.20. The molecule has 0 saturated heterocycles. The van der Waals surface area contributed by atoms with Crippen LogP contribution in [0, 0.1) is 13.8 Å². The number of aryl methyl sites for hydroxylation is 2. The molecule has 1 N–H and O–H groups in total. The standard InChI is InChI=1S/C25H25NO3/c1-17-8-6-9-18(2)24(17)21-12-7-13-23-22(21)14-20(29-23)16-28-25(27)26-15-19-10-4-3-5-11-19/h3-13,20H,14-16H2,1-2H3,(H,26,27). The smallest absolute Gasteiger partial charge is 0.407 e. The predicted molar refractivity (Wildman–Crippen MR) is 114 cm³/mol. The summed E-state index contributed by atoms with van der Waals surface area (Å²) in [5.41, 5.74) is 7.18. The molecule has 0 aliphatic carbocycles. The Morgan fingerprint density at radius 1 is 1.00 bits per heavy atom. The molecule has 3 aromatic rings. The highest BCUT2D eigenvalue weighted by Gasteiger charge is 2.27. The number of nitrogens with one attached hydrogen (secondary N) is 1. The van der Waals surface area contributed by atoms with Gasteiger partial charge in [-0.05, 0) is 47.7 Å². The molecule has 0 aromatic heterocycles. The molecule has 0 radical (unpaired) electrons. The summed E-state index contributed by atoms with van der Waals surface area (Å²) in [5, 5.41) is 2.78. The van der Waals surface area contributed by atoms with Gasteiger partial charge in [-0.15, -0.1) is 0 Å². The lowest BCUT2D eigenvalue weighted by molar-refractivity contribution is 0.0922. The number of ether oxygens (including phenoxy) is 2. The van der Waals surface area contributed by atoms with Crippen molar-refractivity contribution in [2.45, 2.75) is 32.9 Å². The molecule has 3 aromatic carbocycles. The highest BCUT2D eigenvalue weighted by Crippen LogP contribution is 2.39. The molecule has 1 heterocycles. The summed E-state index contributed by atoms with van der Waals surface area (Å²) in [6.07, 6.45) is 0.131. The number of rotatable bonds is 5. The van der Waals surface area contributed by atoms with Crippen molar-refractivity contribution in [2.24, 2.45) is 0 Å². The number of hydrogen-bond donors (Lipinski definition) is 1. The van der Waals surface area contributed by atoms with Gasteiger partial charge in [0.2, 0.25) is 0 Å². The number of carbonyl (C=O) groups excluding carboxylic acids is 1. The van der Waals surface area contributed by atoms with E-state index in [9.17, 15) is 4.79 Å². The Balaban J connectivity index is 1.39. The van der Waals surface area contributed by atoms with Crippen LogP contribution in [0.4, 0.5) is 4.79 Å². The number of fused-ring (bicyclic) bond motifs is 1. The van der Waals surface area contributed by atoms with E-state index >= 15 is 0 Å². The van der Waals surface area contributed by atoms with Crippen molar-refractivity contribution in [3.8, 4) is 16.9 Å². The fraction of sp³-hybridized carbons (Fsp3) is 0.240. The Bertz CT molecular complexity index is 994. The molecule has 0 saturated carbocycles. The lowest BCUT2D eigenvalue weighted by Gasteiger charge is -2.13. The molecular weight excluding hydrogens is 362 g/mol. The van der Waals surface area contributed by atoms with Gasteiger partial charge in [0.15, 0.2) is 0 Å². The third kappa shape index (κ3) is 4.27. The minimum atomic E-state index is -0.427. The van der Waals surface area contributed by atoms with E-state index < -0.39 is 6.09 Å². The summed E-state index contributed by atoms with van der Waals surface area (Å²) in [4.78, 5) is 12.0. The van der Waals surface area contributed by atoms with Gasteiger partial charge < -0.3 is 14.8 Å². The fourth-order valence-electron chi connectivity index (χ4n) is 3.89. The Labute approximate surface area is 171 Å². The number of alkyl carbamates (subject to hydrolysis) is 1. The summed E-state index contributed by atoms with van der Waals surface area (Å²) >= 11 is 0. The molecule has 0 fully saturated rings. The first-order valence-electron chi connectivity index (χ1n) is 9.91. The lowest BCUT2D eigenvalue weighted by Crippen LogP contribution is -2.29. The minimum absolute atomic E-state index is 0.169. The van der Waals surface area contributed by atoms with Crippen molar-refractivity contribution >= 4 is 6.09 Å². The van der Waals surface area contributed by atoms with Crippen molar-refractivity contribution in [1.82, 2.24) is 5.32 Å². The summed E-state index contributed by atoms with van der Waals surface area (Å²) in [6, 6.07) is 22.3. The van der Waals surface area contributed by atoms with Crippen LogP contribution in [0.5, 0.6) is 5.75 Å². The molecule has 4 heteroatoms. The van der Waals surface area contributed by atoms with Gasteiger partial charge in [-0.3, -0.25) is 0 Å². The van der Waals surface area contributed by atoms with Gasteiger partial charge in [0.05, 0.1) is 0 Å². The molecule has 1 amide bonds. The van der Waals surface area contributed by atoms with Crippen LogP contribution in [-0.4, -0.2) is 18.8 Å². The van der Waals surface area contributed by atoms with Crippen LogP contribution in [-0.2, 0) is 17.7 Å². The maximum absolute atomic E-state index is 12.0. The molecule has 1 unspecified atom stereocenters. The average molecular weight is 387 g/mol. The maximum Gasteiger partial charge on any atom is 0.407 e. The van der Waals surface area contributed by atoms with Crippen LogP contribution in [0.15, 0.2) is 66.7 Å². The van der Waals surface area contributed by atoms with Gasteiger partial charge in [-0.1, -0.05) is 60.7 Å². The molecule has 0 spiro atoms. The van der Waals surface area contributed by atoms with Crippen LogP contribution in [0.1, 0.15) is 22.3 Å². The number of amides is 1. The van der Waals surface area contributed by atoms with Crippen molar-refractivity contribution in [3.63, 3.8) is 0 Å². The number of carbonyl (C=O) groups is 1. The summed E-state index contributed by atoms with van der Waals surface area (Å²) in [5.74, 6) is 0.878. The first kappa shape index (κ1) is 19.1. The van der Waals surface area contributed by atoms with Gasteiger partial charge >= 0.3 is 6.09 Å². The Morgan fingerprint density at radius 2 is 1.72 bits per heavy atom. The second-order valence-corrected chi connectivity index (χ2v) is 7.43. The first-order valence-corrected chi connectivity index (χ1v) is 9.91. The molecule has 1 aliphatic heterocycles. The van der Waals surface area contributed by atoms with E-state index in [1.165, 1.54) is 27.8 Å². The van der Waals surface area contributed by atoms with Crippen LogP contribution in [0.25, 0.3) is 11.1 Å².